The van der Waals surface area contributed by atoms with E-state index in [-0.39, 0.29) is 5.41 Å². The van der Waals surface area contributed by atoms with E-state index in [9.17, 15) is 5.11 Å². The number of rotatable bonds is 6. The van der Waals surface area contributed by atoms with E-state index in [4.69, 9.17) is 15.2 Å². The number of hydrogen-bond acceptors (Lipinski definition) is 4. The Kier molecular flexibility index (Phi) is 5.04. The third-order valence-corrected chi connectivity index (χ3v) is 5.14. The summed E-state index contributed by atoms with van der Waals surface area (Å²) in [6, 6.07) is 8.42. The summed E-state index contributed by atoms with van der Waals surface area (Å²) < 4.78 is 10.5. The Morgan fingerprint density at radius 1 is 1.29 bits per heavy atom. The summed E-state index contributed by atoms with van der Waals surface area (Å²) in [5, 5.41) is 11.1. The molecule has 2 atom stereocenters. The molecule has 118 valence electrons. The molecule has 1 aromatic rings. The van der Waals surface area contributed by atoms with Crippen LogP contribution in [0.15, 0.2) is 24.3 Å². The van der Waals surface area contributed by atoms with Crippen molar-refractivity contribution >= 4 is 0 Å². The predicted octanol–water partition coefficient (Wildman–Crippen LogP) is 1.88. The van der Waals surface area contributed by atoms with Crippen molar-refractivity contribution in [3.63, 3.8) is 0 Å². The highest BCUT2D eigenvalue weighted by Gasteiger charge is 2.48. The minimum absolute atomic E-state index is 0.337. The van der Waals surface area contributed by atoms with E-state index in [1.165, 1.54) is 11.1 Å². The third-order valence-electron chi connectivity index (χ3n) is 5.14. The number of fused-ring (bicyclic) bond motifs is 1. The van der Waals surface area contributed by atoms with E-state index in [1.54, 1.807) is 14.2 Å². The van der Waals surface area contributed by atoms with Crippen LogP contribution in [-0.4, -0.2) is 37.8 Å². The Hall–Kier alpha value is -0.940. The van der Waals surface area contributed by atoms with Crippen molar-refractivity contribution in [2.24, 2.45) is 11.1 Å². The van der Waals surface area contributed by atoms with Crippen LogP contribution >= 0.6 is 0 Å². The summed E-state index contributed by atoms with van der Waals surface area (Å²) in [6.45, 7) is 2.31. The summed E-state index contributed by atoms with van der Waals surface area (Å²) >= 11 is 0. The van der Waals surface area contributed by atoms with Crippen LogP contribution in [0.2, 0.25) is 0 Å². The number of aryl methyl sites for hydroxylation is 1. The van der Waals surface area contributed by atoms with E-state index in [0.717, 1.165) is 19.3 Å². The van der Waals surface area contributed by atoms with Crippen LogP contribution in [0.25, 0.3) is 0 Å². The maximum Gasteiger partial charge on any atom is 0.159 e. The van der Waals surface area contributed by atoms with Gasteiger partial charge in [-0.15, -0.1) is 0 Å². The minimum atomic E-state index is -0.939. The first kappa shape index (κ1) is 16.4. The van der Waals surface area contributed by atoms with Gasteiger partial charge in [0.15, 0.2) is 6.29 Å². The molecule has 0 amide bonds. The number of benzene rings is 1. The van der Waals surface area contributed by atoms with Crippen molar-refractivity contribution in [1.82, 2.24) is 0 Å². The van der Waals surface area contributed by atoms with Gasteiger partial charge in [-0.2, -0.15) is 0 Å². The molecule has 0 spiro atoms. The molecule has 0 bridgehead atoms. The van der Waals surface area contributed by atoms with Crippen LogP contribution in [-0.2, 0) is 22.3 Å². The molecule has 0 fully saturated rings. The number of aliphatic hydroxyl groups is 1. The fourth-order valence-electron chi connectivity index (χ4n) is 3.46. The fraction of sp³-hybridized carbons (Fsp3) is 0.647. The van der Waals surface area contributed by atoms with E-state index < -0.39 is 11.9 Å². The molecular formula is C17H27NO3. The second-order valence-corrected chi connectivity index (χ2v) is 6.31. The first-order valence-electron chi connectivity index (χ1n) is 7.53. The van der Waals surface area contributed by atoms with Crippen LogP contribution in [0.1, 0.15) is 30.9 Å². The number of ether oxygens (including phenoxy) is 2. The average Bonchev–Trinajstić information content (AvgIpc) is 2.51. The molecule has 4 heteroatoms. The van der Waals surface area contributed by atoms with Gasteiger partial charge in [0.25, 0.3) is 0 Å². The molecule has 0 aromatic heterocycles. The van der Waals surface area contributed by atoms with Gasteiger partial charge in [-0.25, -0.2) is 0 Å². The quantitative estimate of drug-likeness (QED) is 0.786. The van der Waals surface area contributed by atoms with Gasteiger partial charge in [-0.3, -0.25) is 0 Å². The lowest BCUT2D eigenvalue weighted by atomic mass is 9.61. The second-order valence-electron chi connectivity index (χ2n) is 6.31. The zero-order chi connectivity index (χ0) is 15.5. The normalized spacial score (nSPS) is 24.7. The maximum atomic E-state index is 11.1. The van der Waals surface area contributed by atoms with Gasteiger partial charge in [0.05, 0.1) is 5.60 Å². The maximum absolute atomic E-state index is 11.1. The molecule has 1 aromatic carbocycles. The van der Waals surface area contributed by atoms with Gasteiger partial charge in [0.2, 0.25) is 0 Å². The molecule has 21 heavy (non-hydrogen) atoms. The van der Waals surface area contributed by atoms with Crippen molar-refractivity contribution in [3.05, 3.63) is 35.4 Å². The van der Waals surface area contributed by atoms with E-state index in [0.29, 0.717) is 13.0 Å². The summed E-state index contributed by atoms with van der Waals surface area (Å²) in [7, 11) is 3.19. The topological polar surface area (TPSA) is 64.7 Å². The standard InChI is InChI=1S/C17H27NO3/c1-16(19,11-15(20-2)21-3)17(12-18)9-8-13-6-4-5-7-14(13)10-17/h4-7,15,19H,8-12,18H2,1-3H3. The molecule has 2 rings (SSSR count). The predicted molar refractivity (Wildman–Crippen MR) is 83.0 cm³/mol. The lowest BCUT2D eigenvalue weighted by molar-refractivity contribution is -0.172. The molecule has 0 aliphatic heterocycles. The second kappa shape index (κ2) is 6.44. The average molecular weight is 293 g/mol. The molecule has 4 nitrogen and oxygen atoms in total. The van der Waals surface area contributed by atoms with Gasteiger partial charge in [-0.05, 0) is 37.3 Å². The third kappa shape index (κ3) is 3.14. The molecule has 0 saturated heterocycles. The van der Waals surface area contributed by atoms with Crippen molar-refractivity contribution in [1.29, 1.82) is 0 Å². The van der Waals surface area contributed by atoms with Crippen molar-refractivity contribution < 1.29 is 14.6 Å². The monoisotopic (exact) mass is 293 g/mol. The summed E-state index contributed by atoms with van der Waals surface area (Å²) in [5.41, 5.74) is 7.48. The fourth-order valence-corrected chi connectivity index (χ4v) is 3.46. The molecule has 0 heterocycles. The van der Waals surface area contributed by atoms with Crippen LogP contribution in [0, 0.1) is 5.41 Å². The number of nitrogens with two attached hydrogens (primary N) is 1. The number of methoxy groups -OCH3 is 2. The zero-order valence-electron chi connectivity index (χ0n) is 13.3. The van der Waals surface area contributed by atoms with Gasteiger partial charge in [0.1, 0.15) is 0 Å². The lowest BCUT2D eigenvalue weighted by Crippen LogP contribution is -2.55. The Morgan fingerprint density at radius 2 is 1.90 bits per heavy atom. The highest BCUT2D eigenvalue weighted by molar-refractivity contribution is 5.32. The molecule has 0 radical (unpaired) electrons. The first-order chi connectivity index (χ1) is 9.98. The van der Waals surface area contributed by atoms with Gasteiger partial charge in [-0.1, -0.05) is 24.3 Å². The van der Waals surface area contributed by atoms with Gasteiger partial charge in [0, 0.05) is 32.6 Å². The van der Waals surface area contributed by atoms with Crippen LogP contribution < -0.4 is 5.73 Å². The molecule has 1 aliphatic carbocycles. The SMILES string of the molecule is COC(CC(C)(O)C1(CN)CCc2ccccc2C1)OC. The minimum Gasteiger partial charge on any atom is -0.389 e. The highest BCUT2D eigenvalue weighted by atomic mass is 16.7. The zero-order valence-corrected chi connectivity index (χ0v) is 13.3. The highest BCUT2D eigenvalue weighted by Crippen LogP contribution is 2.45. The van der Waals surface area contributed by atoms with Gasteiger partial charge < -0.3 is 20.3 Å². The summed E-state index contributed by atoms with van der Waals surface area (Å²) in [6.07, 6.45) is 2.63. The van der Waals surface area contributed by atoms with E-state index >= 15 is 0 Å². The van der Waals surface area contributed by atoms with Crippen molar-refractivity contribution in [2.75, 3.05) is 20.8 Å². The Balaban J connectivity index is 2.26. The first-order valence-corrected chi connectivity index (χ1v) is 7.53. The lowest BCUT2D eigenvalue weighted by Gasteiger charge is -2.48. The van der Waals surface area contributed by atoms with Crippen LogP contribution in [0.5, 0.6) is 0 Å². The largest absolute Gasteiger partial charge is 0.389 e. The smallest absolute Gasteiger partial charge is 0.159 e. The van der Waals surface area contributed by atoms with Crippen molar-refractivity contribution in [2.45, 2.75) is 44.5 Å². The molecular weight excluding hydrogens is 266 g/mol. The summed E-state index contributed by atoms with van der Waals surface area (Å²) in [4.78, 5) is 0. The molecule has 2 unspecified atom stereocenters. The Morgan fingerprint density at radius 3 is 2.48 bits per heavy atom. The van der Waals surface area contributed by atoms with Crippen LogP contribution in [0.3, 0.4) is 0 Å². The van der Waals surface area contributed by atoms with Crippen LogP contribution in [0.4, 0.5) is 0 Å². The van der Waals surface area contributed by atoms with E-state index in [1.807, 2.05) is 13.0 Å². The number of hydrogen-bond donors (Lipinski definition) is 2. The van der Waals surface area contributed by atoms with E-state index in [2.05, 4.69) is 18.2 Å². The molecule has 3 N–H and O–H groups in total. The van der Waals surface area contributed by atoms with Crippen molar-refractivity contribution in [3.8, 4) is 0 Å². The Bertz CT molecular complexity index is 471. The Labute approximate surface area is 127 Å². The van der Waals surface area contributed by atoms with Gasteiger partial charge >= 0.3 is 0 Å². The summed E-state index contributed by atoms with van der Waals surface area (Å²) in [5.74, 6) is 0. The molecule has 0 saturated carbocycles. The molecule has 1 aliphatic rings.